The summed E-state index contributed by atoms with van der Waals surface area (Å²) in [5, 5.41) is 4.60. The molecule has 0 heterocycles. The largest absolute Gasteiger partial charge is 0.307 e. The van der Waals surface area contributed by atoms with Gasteiger partial charge in [-0.05, 0) is 30.7 Å². The Balaban J connectivity index is 2.62. The van der Waals surface area contributed by atoms with Gasteiger partial charge in [-0.1, -0.05) is 29.3 Å². The van der Waals surface area contributed by atoms with Crippen LogP contribution in [0, 0.1) is 0 Å². The summed E-state index contributed by atoms with van der Waals surface area (Å²) in [7, 11) is 0. The average molecular weight is 230 g/mol. The zero-order chi connectivity index (χ0) is 10.6. The van der Waals surface area contributed by atoms with Crippen LogP contribution in [-0.2, 0) is 6.54 Å². The molecule has 1 nitrogen and oxygen atoms in total. The first-order valence-corrected chi connectivity index (χ1v) is 5.18. The van der Waals surface area contributed by atoms with E-state index in [1.165, 1.54) is 0 Å². The Morgan fingerprint density at radius 2 is 1.93 bits per heavy atom. The van der Waals surface area contributed by atoms with Crippen molar-refractivity contribution in [3.63, 3.8) is 0 Å². The van der Waals surface area contributed by atoms with Gasteiger partial charge in [0.1, 0.15) is 0 Å². The lowest BCUT2D eigenvalue weighted by atomic mass is 10.2. The first kappa shape index (κ1) is 11.6. The summed E-state index contributed by atoms with van der Waals surface area (Å²) in [6.45, 7) is 6.48. The van der Waals surface area contributed by atoms with E-state index in [9.17, 15) is 0 Å². The lowest BCUT2D eigenvalue weighted by Crippen LogP contribution is -2.22. The van der Waals surface area contributed by atoms with Crippen LogP contribution < -0.4 is 5.32 Å². The molecule has 1 atom stereocenters. The van der Waals surface area contributed by atoms with Gasteiger partial charge < -0.3 is 5.32 Å². The highest BCUT2D eigenvalue weighted by Crippen LogP contribution is 2.18. The third kappa shape index (κ3) is 3.70. The van der Waals surface area contributed by atoms with E-state index < -0.39 is 0 Å². The maximum atomic E-state index is 5.87. The van der Waals surface area contributed by atoms with Crippen molar-refractivity contribution >= 4 is 23.2 Å². The third-order valence-electron chi connectivity index (χ3n) is 1.90. The third-order valence-corrected chi connectivity index (χ3v) is 2.34. The first-order valence-electron chi connectivity index (χ1n) is 4.42. The number of hydrogen-bond donors (Lipinski definition) is 1. The normalized spacial score (nSPS) is 12.5. The predicted octanol–water partition coefficient (Wildman–Crippen LogP) is 3.66. The Morgan fingerprint density at radius 1 is 1.36 bits per heavy atom. The van der Waals surface area contributed by atoms with Crippen molar-refractivity contribution in [1.82, 2.24) is 5.32 Å². The van der Waals surface area contributed by atoms with Crippen LogP contribution in [0.1, 0.15) is 12.5 Å². The minimum atomic E-state index is 0.285. The van der Waals surface area contributed by atoms with E-state index >= 15 is 0 Å². The Hall–Kier alpha value is -0.500. The van der Waals surface area contributed by atoms with Gasteiger partial charge in [0.25, 0.3) is 0 Å². The molecule has 0 radical (unpaired) electrons. The molecule has 76 valence electrons. The fourth-order valence-corrected chi connectivity index (χ4v) is 1.65. The van der Waals surface area contributed by atoms with Crippen LogP contribution in [-0.4, -0.2) is 6.04 Å². The quantitative estimate of drug-likeness (QED) is 0.778. The van der Waals surface area contributed by atoms with Crippen molar-refractivity contribution in [3.05, 3.63) is 46.5 Å². The summed E-state index contributed by atoms with van der Waals surface area (Å²) in [6.07, 6.45) is 1.85. The van der Waals surface area contributed by atoms with E-state index in [0.29, 0.717) is 10.0 Å². The topological polar surface area (TPSA) is 12.0 Å². The van der Waals surface area contributed by atoms with Crippen LogP contribution in [0.25, 0.3) is 0 Å². The van der Waals surface area contributed by atoms with Gasteiger partial charge in [0.15, 0.2) is 0 Å². The summed E-state index contributed by atoms with van der Waals surface area (Å²) in [4.78, 5) is 0. The molecule has 0 bridgehead atoms. The zero-order valence-electron chi connectivity index (χ0n) is 8.06. The molecule has 0 aliphatic carbocycles. The van der Waals surface area contributed by atoms with E-state index in [1.54, 1.807) is 6.07 Å². The standard InChI is InChI=1S/C11H13Cl2N/c1-3-8(2)14-7-9-4-10(12)6-11(13)5-9/h3-6,8,14H,1,7H2,2H3. The highest BCUT2D eigenvalue weighted by molar-refractivity contribution is 6.34. The molecule has 1 rings (SSSR count). The Bertz CT molecular complexity index is 303. The van der Waals surface area contributed by atoms with Gasteiger partial charge >= 0.3 is 0 Å². The minimum absolute atomic E-state index is 0.285. The van der Waals surface area contributed by atoms with E-state index in [2.05, 4.69) is 11.9 Å². The molecule has 1 N–H and O–H groups in total. The van der Waals surface area contributed by atoms with Crippen LogP contribution in [0.4, 0.5) is 0 Å². The second-order valence-corrected chi connectivity index (χ2v) is 4.06. The second-order valence-electron chi connectivity index (χ2n) is 3.18. The molecule has 1 aromatic rings. The predicted molar refractivity (Wildman–Crippen MR) is 63.0 cm³/mol. The smallest absolute Gasteiger partial charge is 0.0424 e. The monoisotopic (exact) mass is 229 g/mol. The fraction of sp³-hybridized carbons (Fsp3) is 0.273. The van der Waals surface area contributed by atoms with Gasteiger partial charge in [-0.15, -0.1) is 6.58 Å². The SMILES string of the molecule is C=CC(C)NCc1cc(Cl)cc(Cl)c1. The summed E-state index contributed by atoms with van der Waals surface area (Å²) in [5.41, 5.74) is 1.08. The van der Waals surface area contributed by atoms with E-state index in [1.807, 2.05) is 25.1 Å². The molecule has 14 heavy (non-hydrogen) atoms. The average Bonchev–Trinajstić information content (AvgIpc) is 2.12. The summed E-state index contributed by atoms with van der Waals surface area (Å²) in [5.74, 6) is 0. The maximum absolute atomic E-state index is 5.87. The Kier molecular flexibility index (Phi) is 4.46. The Labute approximate surface area is 94.7 Å². The summed E-state index contributed by atoms with van der Waals surface area (Å²) in [6, 6.07) is 5.81. The molecule has 0 saturated heterocycles. The lowest BCUT2D eigenvalue weighted by Gasteiger charge is -2.09. The molecular formula is C11H13Cl2N. The van der Waals surface area contributed by atoms with Gasteiger partial charge in [-0.2, -0.15) is 0 Å². The van der Waals surface area contributed by atoms with Gasteiger partial charge in [-0.25, -0.2) is 0 Å². The van der Waals surface area contributed by atoms with Gasteiger partial charge in [0, 0.05) is 22.6 Å². The number of rotatable bonds is 4. The molecule has 1 aromatic carbocycles. The van der Waals surface area contributed by atoms with Crippen molar-refractivity contribution in [3.8, 4) is 0 Å². The zero-order valence-corrected chi connectivity index (χ0v) is 9.57. The molecule has 0 aromatic heterocycles. The summed E-state index contributed by atoms with van der Waals surface area (Å²) >= 11 is 11.7. The second kappa shape index (κ2) is 5.40. The van der Waals surface area contributed by atoms with Crippen molar-refractivity contribution in [2.75, 3.05) is 0 Å². The molecule has 0 aliphatic heterocycles. The molecule has 0 amide bonds. The molecule has 0 aliphatic rings. The highest BCUT2D eigenvalue weighted by atomic mass is 35.5. The fourth-order valence-electron chi connectivity index (χ4n) is 1.08. The number of nitrogens with one attached hydrogen (secondary N) is 1. The maximum Gasteiger partial charge on any atom is 0.0424 e. The molecule has 0 fully saturated rings. The minimum Gasteiger partial charge on any atom is -0.307 e. The van der Waals surface area contributed by atoms with Crippen LogP contribution in [0.3, 0.4) is 0 Å². The van der Waals surface area contributed by atoms with Gasteiger partial charge in [0.05, 0.1) is 0 Å². The van der Waals surface area contributed by atoms with Crippen molar-refractivity contribution in [2.45, 2.75) is 19.5 Å². The van der Waals surface area contributed by atoms with Crippen molar-refractivity contribution in [1.29, 1.82) is 0 Å². The highest BCUT2D eigenvalue weighted by Gasteiger charge is 1.99. The molecule has 1 unspecified atom stereocenters. The van der Waals surface area contributed by atoms with Crippen LogP contribution in [0.5, 0.6) is 0 Å². The van der Waals surface area contributed by atoms with Crippen molar-refractivity contribution in [2.24, 2.45) is 0 Å². The molecule has 3 heteroatoms. The van der Waals surface area contributed by atoms with Crippen LogP contribution >= 0.6 is 23.2 Å². The molecule has 0 spiro atoms. The van der Waals surface area contributed by atoms with Crippen LogP contribution in [0.15, 0.2) is 30.9 Å². The van der Waals surface area contributed by atoms with E-state index in [4.69, 9.17) is 23.2 Å². The van der Waals surface area contributed by atoms with Crippen molar-refractivity contribution < 1.29 is 0 Å². The first-order chi connectivity index (χ1) is 6.61. The number of hydrogen-bond acceptors (Lipinski definition) is 1. The van der Waals surface area contributed by atoms with Gasteiger partial charge in [0.2, 0.25) is 0 Å². The number of halogens is 2. The lowest BCUT2D eigenvalue weighted by molar-refractivity contribution is 0.634. The van der Waals surface area contributed by atoms with Crippen LogP contribution in [0.2, 0.25) is 10.0 Å². The van der Waals surface area contributed by atoms with Gasteiger partial charge in [-0.3, -0.25) is 0 Å². The van der Waals surface area contributed by atoms with E-state index in [-0.39, 0.29) is 6.04 Å². The molecule has 0 saturated carbocycles. The Morgan fingerprint density at radius 3 is 2.43 bits per heavy atom. The summed E-state index contributed by atoms with van der Waals surface area (Å²) < 4.78 is 0. The molecular weight excluding hydrogens is 217 g/mol. The van der Waals surface area contributed by atoms with E-state index in [0.717, 1.165) is 12.1 Å². The number of benzene rings is 1.